The van der Waals surface area contributed by atoms with E-state index in [1.807, 2.05) is 6.08 Å². The Hall–Kier alpha value is -1.54. The predicted molar refractivity (Wildman–Crippen MR) is 215 cm³/mol. The van der Waals surface area contributed by atoms with Crippen LogP contribution in [0.15, 0.2) is 12.2 Å². The molecule has 0 saturated heterocycles. The van der Waals surface area contributed by atoms with Gasteiger partial charge in [-0.3, -0.25) is 14.4 Å². The van der Waals surface area contributed by atoms with Crippen LogP contribution in [0, 0.1) is 0 Å². The number of carbonyl (C=O) groups excluding carboxylic acids is 3. The first-order valence-electron chi connectivity index (χ1n) is 20.9. The van der Waals surface area contributed by atoms with Crippen LogP contribution in [-0.4, -0.2) is 85.6 Å². The molecule has 0 atom stereocenters. The van der Waals surface area contributed by atoms with E-state index < -0.39 is 0 Å². The number of hydrogen-bond donors (Lipinski definition) is 0. The van der Waals surface area contributed by atoms with Crippen molar-refractivity contribution in [3.8, 4) is 0 Å². The molecule has 0 radical (unpaired) electrons. The molecule has 0 aromatic carbocycles. The normalized spacial score (nSPS) is 11.5. The third-order valence-corrected chi connectivity index (χ3v) is 10.3. The highest BCUT2D eigenvalue weighted by Crippen LogP contribution is 2.13. The lowest BCUT2D eigenvalue weighted by Crippen LogP contribution is -2.34. The zero-order valence-corrected chi connectivity index (χ0v) is 34.1. The summed E-state index contributed by atoms with van der Waals surface area (Å²) in [5.74, 6) is 1.69. The Labute approximate surface area is 313 Å². The van der Waals surface area contributed by atoms with E-state index >= 15 is 0 Å². The molecule has 7 nitrogen and oxygen atoms in total. The maximum atomic E-state index is 13.1. The predicted octanol–water partition coefficient (Wildman–Crippen LogP) is 10.9. The van der Waals surface area contributed by atoms with Crippen LogP contribution in [0.25, 0.3) is 0 Å². The van der Waals surface area contributed by atoms with Gasteiger partial charge in [-0.2, -0.15) is 11.8 Å². The molecular weight excluding hydrogens is 645 g/mol. The van der Waals surface area contributed by atoms with Crippen LogP contribution in [0.5, 0.6) is 0 Å². The third-order valence-electron chi connectivity index (χ3n) is 9.31. The maximum absolute atomic E-state index is 13.1. The number of hydrogen-bond acceptors (Lipinski definition) is 7. The van der Waals surface area contributed by atoms with Crippen molar-refractivity contribution in [2.45, 2.75) is 181 Å². The number of carbonyl (C=O) groups is 3. The number of thioether (sulfide) groups is 1. The second kappa shape index (κ2) is 38.7. The molecule has 0 aromatic rings. The number of allylic oxidation sites excluding steroid dienone is 1. The minimum atomic E-state index is -0.102. The van der Waals surface area contributed by atoms with Gasteiger partial charge in [-0.15, -0.1) is 0 Å². The van der Waals surface area contributed by atoms with Gasteiger partial charge in [-0.1, -0.05) is 129 Å². The van der Waals surface area contributed by atoms with Gasteiger partial charge in [0.15, 0.2) is 0 Å². The van der Waals surface area contributed by atoms with Crippen molar-refractivity contribution >= 4 is 29.6 Å². The fraction of sp³-hybridized carbons (Fsp3) is 0.881. The average molecular weight is 725 g/mol. The van der Waals surface area contributed by atoms with Gasteiger partial charge in [0, 0.05) is 25.9 Å². The molecule has 0 bridgehead atoms. The van der Waals surface area contributed by atoms with Crippen molar-refractivity contribution in [1.29, 1.82) is 0 Å². The fourth-order valence-electron chi connectivity index (χ4n) is 5.82. The Kier molecular flexibility index (Phi) is 37.5. The smallest absolute Gasteiger partial charge is 0.306 e. The Morgan fingerprint density at radius 2 is 1.08 bits per heavy atom. The van der Waals surface area contributed by atoms with E-state index in [9.17, 15) is 14.4 Å². The van der Waals surface area contributed by atoms with E-state index in [2.05, 4.69) is 43.7 Å². The summed E-state index contributed by atoms with van der Waals surface area (Å²) in [6, 6.07) is 0. The highest BCUT2D eigenvalue weighted by molar-refractivity contribution is 7.99. The van der Waals surface area contributed by atoms with Crippen LogP contribution in [0.2, 0.25) is 0 Å². The zero-order chi connectivity index (χ0) is 36.8. The summed E-state index contributed by atoms with van der Waals surface area (Å²) in [6.45, 7) is 11.3. The van der Waals surface area contributed by atoms with Gasteiger partial charge < -0.3 is 19.3 Å². The van der Waals surface area contributed by atoms with Gasteiger partial charge in [-0.05, 0) is 77.3 Å². The molecule has 50 heavy (non-hydrogen) atoms. The van der Waals surface area contributed by atoms with E-state index in [4.69, 9.17) is 9.47 Å². The molecule has 1 amide bonds. The van der Waals surface area contributed by atoms with Crippen LogP contribution in [-0.2, 0) is 23.9 Å². The van der Waals surface area contributed by atoms with Crippen LogP contribution in [0.1, 0.15) is 181 Å². The number of ether oxygens (including phenoxy) is 2. The lowest BCUT2D eigenvalue weighted by atomic mass is 10.1. The minimum absolute atomic E-state index is 0.0530. The molecular formula is C42H80N2O5S. The second-order valence-electron chi connectivity index (χ2n) is 14.1. The average Bonchev–Trinajstić information content (AvgIpc) is 3.11. The molecule has 0 aliphatic rings. The van der Waals surface area contributed by atoms with E-state index in [1.165, 1.54) is 57.8 Å². The molecule has 0 saturated carbocycles. The minimum Gasteiger partial charge on any atom is -0.466 e. The SMILES string of the molecule is CCCCCC/C=C\COC(=O)CCCCCCCN(CCCCCCCC(=O)OCCCCCCCCC)C(=O)CSCCCN(C)CC. The van der Waals surface area contributed by atoms with Crippen LogP contribution in [0.4, 0.5) is 0 Å². The number of unbranched alkanes of at least 4 members (excludes halogenated alkanes) is 18. The summed E-state index contributed by atoms with van der Waals surface area (Å²) >= 11 is 1.76. The van der Waals surface area contributed by atoms with Gasteiger partial charge in [0.25, 0.3) is 0 Å². The maximum Gasteiger partial charge on any atom is 0.306 e. The van der Waals surface area contributed by atoms with Crippen LogP contribution >= 0.6 is 11.8 Å². The molecule has 0 fully saturated rings. The molecule has 0 rings (SSSR count). The third kappa shape index (κ3) is 34.9. The number of esters is 2. The summed E-state index contributed by atoms with van der Waals surface area (Å²) in [6.07, 6.45) is 31.0. The first kappa shape index (κ1) is 48.5. The van der Waals surface area contributed by atoms with Crippen molar-refractivity contribution in [2.24, 2.45) is 0 Å². The molecule has 0 spiro atoms. The van der Waals surface area contributed by atoms with Gasteiger partial charge in [-0.25, -0.2) is 0 Å². The quantitative estimate of drug-likeness (QED) is 0.0356. The van der Waals surface area contributed by atoms with Gasteiger partial charge in [0.2, 0.25) is 5.91 Å². The zero-order valence-electron chi connectivity index (χ0n) is 33.3. The molecule has 0 unspecified atom stereocenters. The van der Waals surface area contributed by atoms with Crippen molar-refractivity contribution in [3.63, 3.8) is 0 Å². The van der Waals surface area contributed by atoms with Crippen molar-refractivity contribution in [3.05, 3.63) is 12.2 Å². The highest BCUT2D eigenvalue weighted by atomic mass is 32.2. The standard InChI is InChI=1S/C42H80N2O5S/c1-5-8-10-12-14-22-28-36-48-41(46)31-24-18-16-20-26-34-44(40(45)39-50-38-30-33-43(4)7-3)35-27-21-17-19-25-32-42(47)49-37-29-23-15-13-11-9-6-2/h22,28H,5-21,23-27,29-39H2,1-4H3/b28-22-. The van der Waals surface area contributed by atoms with E-state index in [0.717, 1.165) is 122 Å². The van der Waals surface area contributed by atoms with Crippen molar-refractivity contribution < 1.29 is 23.9 Å². The number of rotatable bonds is 38. The van der Waals surface area contributed by atoms with E-state index in [0.29, 0.717) is 31.8 Å². The Balaban J connectivity index is 4.18. The molecule has 294 valence electrons. The Morgan fingerprint density at radius 3 is 1.68 bits per heavy atom. The van der Waals surface area contributed by atoms with Crippen molar-refractivity contribution in [2.75, 3.05) is 57.9 Å². The van der Waals surface area contributed by atoms with Crippen LogP contribution in [0.3, 0.4) is 0 Å². The summed E-state index contributed by atoms with van der Waals surface area (Å²) in [5.41, 5.74) is 0. The summed E-state index contributed by atoms with van der Waals surface area (Å²) in [5, 5.41) is 0. The monoisotopic (exact) mass is 725 g/mol. The van der Waals surface area contributed by atoms with E-state index in [-0.39, 0.29) is 17.8 Å². The largest absolute Gasteiger partial charge is 0.466 e. The Bertz CT molecular complexity index is 809. The lowest BCUT2D eigenvalue weighted by molar-refractivity contribution is -0.144. The molecule has 0 N–H and O–H groups in total. The molecule has 0 aliphatic heterocycles. The number of nitrogens with zero attached hydrogens (tertiary/aromatic N) is 2. The van der Waals surface area contributed by atoms with E-state index in [1.54, 1.807) is 11.8 Å². The molecule has 0 aromatic heterocycles. The van der Waals surface area contributed by atoms with Crippen LogP contribution < -0.4 is 0 Å². The lowest BCUT2D eigenvalue weighted by Gasteiger charge is -2.23. The molecule has 8 heteroatoms. The summed E-state index contributed by atoms with van der Waals surface area (Å²) in [4.78, 5) is 41.6. The van der Waals surface area contributed by atoms with Gasteiger partial charge in [0.1, 0.15) is 6.61 Å². The fourth-order valence-corrected chi connectivity index (χ4v) is 6.65. The number of amides is 1. The second-order valence-corrected chi connectivity index (χ2v) is 15.2. The first-order valence-corrected chi connectivity index (χ1v) is 22.1. The summed E-state index contributed by atoms with van der Waals surface area (Å²) in [7, 11) is 2.14. The Morgan fingerprint density at radius 1 is 0.560 bits per heavy atom. The van der Waals surface area contributed by atoms with Crippen molar-refractivity contribution in [1.82, 2.24) is 9.80 Å². The molecule has 0 heterocycles. The molecule has 0 aliphatic carbocycles. The summed E-state index contributed by atoms with van der Waals surface area (Å²) < 4.78 is 10.8. The van der Waals surface area contributed by atoms with Gasteiger partial charge >= 0.3 is 11.9 Å². The first-order chi connectivity index (χ1) is 24.4. The highest BCUT2D eigenvalue weighted by Gasteiger charge is 2.13. The van der Waals surface area contributed by atoms with Gasteiger partial charge in [0.05, 0.1) is 12.4 Å². The topological polar surface area (TPSA) is 76.1 Å².